The molecule has 0 saturated heterocycles. The van der Waals surface area contributed by atoms with Crippen LogP contribution < -0.4 is 10.1 Å². The molecular formula is C22H31N7O3. The number of aromatic nitrogens is 6. The zero-order valence-corrected chi connectivity index (χ0v) is 19.2. The fourth-order valence-corrected chi connectivity index (χ4v) is 3.99. The molecule has 0 aliphatic heterocycles. The highest BCUT2D eigenvalue weighted by atomic mass is 16.5. The summed E-state index contributed by atoms with van der Waals surface area (Å²) in [6, 6.07) is 3.62. The van der Waals surface area contributed by atoms with E-state index in [1.54, 1.807) is 24.9 Å². The van der Waals surface area contributed by atoms with Crippen LogP contribution in [-0.4, -0.2) is 49.8 Å². The van der Waals surface area contributed by atoms with Crippen molar-refractivity contribution in [1.29, 1.82) is 0 Å². The Morgan fingerprint density at radius 3 is 2.78 bits per heavy atom. The van der Waals surface area contributed by atoms with E-state index in [2.05, 4.69) is 51.6 Å². The zero-order chi connectivity index (χ0) is 22.9. The van der Waals surface area contributed by atoms with Crippen molar-refractivity contribution in [2.75, 3.05) is 19.0 Å². The molecule has 3 aromatic heterocycles. The molecule has 3 heterocycles. The van der Waals surface area contributed by atoms with Gasteiger partial charge in [-0.3, -0.25) is 14.6 Å². The Labute approximate surface area is 187 Å². The van der Waals surface area contributed by atoms with Gasteiger partial charge in [0.2, 0.25) is 5.88 Å². The number of methoxy groups -OCH3 is 1. The van der Waals surface area contributed by atoms with E-state index in [0.717, 1.165) is 30.0 Å². The van der Waals surface area contributed by atoms with Crippen molar-refractivity contribution >= 4 is 11.7 Å². The molecule has 1 aliphatic carbocycles. The maximum absolute atomic E-state index is 12.6. The Balaban J connectivity index is 1.27. The van der Waals surface area contributed by atoms with Crippen molar-refractivity contribution in [2.45, 2.75) is 51.6 Å². The van der Waals surface area contributed by atoms with Crippen LogP contribution in [0.2, 0.25) is 0 Å². The molecule has 32 heavy (non-hydrogen) atoms. The minimum atomic E-state index is -0.255. The van der Waals surface area contributed by atoms with Gasteiger partial charge in [0, 0.05) is 37.4 Å². The smallest absolute Gasteiger partial charge is 0.275 e. The minimum absolute atomic E-state index is 0.0118. The van der Waals surface area contributed by atoms with Gasteiger partial charge in [0.15, 0.2) is 5.82 Å². The minimum Gasteiger partial charge on any atom is -0.477 e. The van der Waals surface area contributed by atoms with Gasteiger partial charge in [-0.1, -0.05) is 20.8 Å². The lowest BCUT2D eigenvalue weighted by molar-refractivity contribution is 0.101. The van der Waals surface area contributed by atoms with E-state index < -0.39 is 0 Å². The standard InChI is InChI=1S/C22H31N7O3/c1-22(2,3)16-10-23-27-21(16)32-11-13-6-14(7-13)17-9-19(26-25-17)24-20(30)18-8-15(12-31-5)28-29(18)4/h8-10,13-14H,6-7,11-12H2,1-5H3,(H,23,27)(H2,24,25,26,30). The maximum Gasteiger partial charge on any atom is 0.275 e. The Morgan fingerprint density at radius 2 is 2.06 bits per heavy atom. The largest absolute Gasteiger partial charge is 0.477 e. The number of carbonyl (C=O) groups is 1. The number of H-pyrrole nitrogens is 2. The van der Waals surface area contributed by atoms with E-state index in [-0.39, 0.29) is 11.3 Å². The summed E-state index contributed by atoms with van der Waals surface area (Å²) in [5.74, 6) is 1.87. The Bertz CT molecular complexity index is 1070. The van der Waals surface area contributed by atoms with Crippen LogP contribution in [0, 0.1) is 5.92 Å². The molecule has 0 atom stereocenters. The summed E-state index contributed by atoms with van der Waals surface area (Å²) in [6.45, 7) is 7.45. The van der Waals surface area contributed by atoms with Crippen molar-refractivity contribution in [3.05, 3.63) is 41.0 Å². The van der Waals surface area contributed by atoms with Crippen LogP contribution in [-0.2, 0) is 23.8 Å². The van der Waals surface area contributed by atoms with Crippen LogP contribution in [0.1, 0.15) is 67.0 Å². The summed E-state index contributed by atoms with van der Waals surface area (Å²) < 4.78 is 12.6. The SMILES string of the molecule is COCc1cc(C(=O)Nc2cc(C3CC(COc4[nH]ncc4C(C)(C)C)C3)[nH]n2)n(C)n1. The molecular weight excluding hydrogens is 410 g/mol. The van der Waals surface area contributed by atoms with E-state index in [1.807, 2.05) is 12.3 Å². The molecule has 10 nitrogen and oxygen atoms in total. The van der Waals surface area contributed by atoms with Gasteiger partial charge in [-0.25, -0.2) is 5.10 Å². The molecule has 0 spiro atoms. The van der Waals surface area contributed by atoms with Crippen molar-refractivity contribution in [1.82, 2.24) is 30.2 Å². The summed E-state index contributed by atoms with van der Waals surface area (Å²) in [5, 5.41) is 21.5. The highest BCUT2D eigenvalue weighted by molar-refractivity contribution is 6.02. The number of nitrogens with zero attached hydrogens (tertiary/aromatic N) is 4. The number of hydrogen-bond donors (Lipinski definition) is 3. The van der Waals surface area contributed by atoms with E-state index >= 15 is 0 Å². The summed E-state index contributed by atoms with van der Waals surface area (Å²) in [5.41, 5.74) is 3.26. The first kappa shape index (κ1) is 22.1. The summed E-state index contributed by atoms with van der Waals surface area (Å²) in [7, 11) is 3.33. The second-order valence-electron chi connectivity index (χ2n) is 9.45. The molecule has 0 unspecified atom stereocenters. The number of nitrogens with one attached hydrogen (secondary N) is 3. The van der Waals surface area contributed by atoms with Crippen LogP contribution in [0.3, 0.4) is 0 Å². The molecule has 3 N–H and O–H groups in total. The number of aryl methyl sites for hydroxylation is 1. The van der Waals surface area contributed by atoms with Crippen LogP contribution in [0.25, 0.3) is 0 Å². The van der Waals surface area contributed by atoms with Gasteiger partial charge in [-0.15, -0.1) is 0 Å². The van der Waals surface area contributed by atoms with Gasteiger partial charge in [-0.2, -0.15) is 15.3 Å². The van der Waals surface area contributed by atoms with E-state index in [4.69, 9.17) is 9.47 Å². The average Bonchev–Trinajstić information content (AvgIpc) is 3.40. The summed E-state index contributed by atoms with van der Waals surface area (Å²) in [6.07, 6.45) is 3.86. The van der Waals surface area contributed by atoms with Gasteiger partial charge in [0.1, 0.15) is 5.69 Å². The van der Waals surface area contributed by atoms with Gasteiger partial charge in [0.25, 0.3) is 5.91 Å². The number of hydrogen-bond acceptors (Lipinski definition) is 6. The number of carbonyl (C=O) groups excluding carboxylic acids is 1. The third-order valence-electron chi connectivity index (χ3n) is 5.85. The molecule has 1 saturated carbocycles. The van der Waals surface area contributed by atoms with E-state index in [1.165, 1.54) is 0 Å². The highest BCUT2D eigenvalue weighted by Crippen LogP contribution is 2.42. The van der Waals surface area contributed by atoms with Crippen molar-refractivity contribution in [3.8, 4) is 5.88 Å². The first-order chi connectivity index (χ1) is 15.2. The van der Waals surface area contributed by atoms with Gasteiger partial charge in [0.05, 0.1) is 25.1 Å². The second kappa shape index (κ2) is 8.78. The first-order valence-electron chi connectivity index (χ1n) is 10.8. The van der Waals surface area contributed by atoms with Crippen LogP contribution in [0.4, 0.5) is 5.82 Å². The van der Waals surface area contributed by atoms with Crippen LogP contribution >= 0.6 is 0 Å². The molecule has 0 aromatic carbocycles. The topological polar surface area (TPSA) is 123 Å². The average molecular weight is 442 g/mol. The highest BCUT2D eigenvalue weighted by Gasteiger charge is 2.33. The molecule has 0 radical (unpaired) electrons. The lowest BCUT2D eigenvalue weighted by Crippen LogP contribution is -2.28. The molecule has 10 heteroatoms. The second-order valence-corrected chi connectivity index (χ2v) is 9.45. The van der Waals surface area contributed by atoms with Gasteiger partial charge < -0.3 is 14.8 Å². The fraction of sp³-hybridized carbons (Fsp3) is 0.545. The number of aromatic amines is 2. The third kappa shape index (κ3) is 4.69. The summed E-state index contributed by atoms with van der Waals surface area (Å²) >= 11 is 0. The number of rotatable bonds is 8. The molecule has 4 rings (SSSR count). The van der Waals surface area contributed by atoms with E-state index in [9.17, 15) is 4.79 Å². The molecule has 3 aromatic rings. The van der Waals surface area contributed by atoms with Crippen molar-refractivity contribution in [3.63, 3.8) is 0 Å². The monoisotopic (exact) mass is 441 g/mol. The molecule has 0 bridgehead atoms. The predicted molar refractivity (Wildman–Crippen MR) is 119 cm³/mol. The third-order valence-corrected chi connectivity index (χ3v) is 5.85. The van der Waals surface area contributed by atoms with Crippen LogP contribution in [0.15, 0.2) is 18.3 Å². The maximum atomic E-state index is 12.6. The molecule has 1 aliphatic rings. The van der Waals surface area contributed by atoms with E-state index in [0.29, 0.717) is 42.3 Å². The normalized spacial score (nSPS) is 18.4. The quantitative estimate of drug-likeness (QED) is 0.494. The Kier molecular flexibility index (Phi) is 6.05. The van der Waals surface area contributed by atoms with Crippen LogP contribution in [0.5, 0.6) is 5.88 Å². The van der Waals surface area contributed by atoms with Crippen molar-refractivity contribution < 1.29 is 14.3 Å². The molecule has 172 valence electrons. The number of amides is 1. The van der Waals surface area contributed by atoms with Gasteiger partial charge in [-0.05, 0) is 30.2 Å². The Morgan fingerprint density at radius 1 is 1.28 bits per heavy atom. The van der Waals surface area contributed by atoms with Gasteiger partial charge >= 0.3 is 0 Å². The molecule has 1 amide bonds. The lowest BCUT2D eigenvalue weighted by Gasteiger charge is -2.34. The number of anilines is 1. The Hall–Kier alpha value is -3.14. The molecule has 1 fully saturated rings. The zero-order valence-electron chi connectivity index (χ0n) is 19.2. The predicted octanol–water partition coefficient (Wildman–Crippen LogP) is 3.14. The number of ether oxygens (including phenoxy) is 2. The van der Waals surface area contributed by atoms with Crippen molar-refractivity contribution in [2.24, 2.45) is 13.0 Å². The fourth-order valence-electron chi connectivity index (χ4n) is 3.99. The lowest BCUT2D eigenvalue weighted by atomic mass is 9.74. The first-order valence-corrected chi connectivity index (χ1v) is 10.8. The summed E-state index contributed by atoms with van der Waals surface area (Å²) in [4.78, 5) is 12.6.